The van der Waals surface area contributed by atoms with Crippen LogP contribution in [0.2, 0.25) is 0 Å². The molecule has 0 amide bonds. The maximum absolute atomic E-state index is 11.1. The highest BCUT2D eigenvalue weighted by molar-refractivity contribution is 7.80. The lowest BCUT2D eigenvalue weighted by Gasteiger charge is -2.20. The predicted molar refractivity (Wildman–Crippen MR) is 59.5 cm³/mol. The standard InChI is InChI=1S/C10H10N2OS/c1-6(13)7-2-3-8-5-11-10(14)12-9(8)4-7/h2-4H,5H2,1H3,(H2,11,12,14). The number of hydrogen-bond acceptors (Lipinski definition) is 2. The van der Waals surface area contributed by atoms with Gasteiger partial charge >= 0.3 is 0 Å². The Labute approximate surface area is 87.5 Å². The summed E-state index contributed by atoms with van der Waals surface area (Å²) in [6.07, 6.45) is 0. The average molecular weight is 206 g/mol. The highest BCUT2D eigenvalue weighted by atomic mass is 32.1. The molecule has 0 unspecified atom stereocenters. The molecule has 0 saturated carbocycles. The molecule has 0 bridgehead atoms. The molecule has 1 aromatic rings. The molecule has 2 N–H and O–H groups in total. The zero-order chi connectivity index (χ0) is 10.1. The van der Waals surface area contributed by atoms with Gasteiger partial charge in [-0.25, -0.2) is 0 Å². The quantitative estimate of drug-likeness (QED) is 0.542. The molecule has 0 radical (unpaired) electrons. The summed E-state index contributed by atoms with van der Waals surface area (Å²) >= 11 is 4.98. The molecule has 0 fully saturated rings. The second-order valence-electron chi connectivity index (χ2n) is 3.24. The zero-order valence-corrected chi connectivity index (χ0v) is 8.57. The smallest absolute Gasteiger partial charge is 0.171 e. The first-order chi connectivity index (χ1) is 6.66. The second-order valence-corrected chi connectivity index (χ2v) is 3.64. The normalized spacial score (nSPS) is 13.9. The summed E-state index contributed by atoms with van der Waals surface area (Å²) in [5.74, 6) is 0.0686. The molecule has 0 saturated heterocycles. The van der Waals surface area contributed by atoms with E-state index in [1.807, 2.05) is 18.2 Å². The van der Waals surface area contributed by atoms with Crippen molar-refractivity contribution in [2.75, 3.05) is 5.32 Å². The van der Waals surface area contributed by atoms with E-state index in [0.29, 0.717) is 10.7 Å². The van der Waals surface area contributed by atoms with Crippen LogP contribution in [0.3, 0.4) is 0 Å². The van der Waals surface area contributed by atoms with Crippen LogP contribution in [0.25, 0.3) is 0 Å². The van der Waals surface area contributed by atoms with Crippen molar-refractivity contribution in [3.63, 3.8) is 0 Å². The Morgan fingerprint density at radius 1 is 1.50 bits per heavy atom. The molecule has 1 aliphatic rings. The highest BCUT2D eigenvalue weighted by Crippen LogP contribution is 2.20. The SMILES string of the molecule is CC(=O)c1ccc2c(c1)NC(=S)NC2. The molecule has 0 aromatic heterocycles. The van der Waals surface area contributed by atoms with Gasteiger partial charge in [0, 0.05) is 17.8 Å². The van der Waals surface area contributed by atoms with Gasteiger partial charge in [-0.2, -0.15) is 0 Å². The van der Waals surface area contributed by atoms with Gasteiger partial charge in [0.1, 0.15) is 0 Å². The van der Waals surface area contributed by atoms with Crippen LogP contribution in [0.4, 0.5) is 5.69 Å². The third-order valence-corrected chi connectivity index (χ3v) is 2.45. The van der Waals surface area contributed by atoms with Crippen LogP contribution in [-0.4, -0.2) is 10.9 Å². The van der Waals surface area contributed by atoms with Crippen molar-refractivity contribution < 1.29 is 4.79 Å². The van der Waals surface area contributed by atoms with E-state index in [1.54, 1.807) is 6.92 Å². The van der Waals surface area contributed by atoms with Crippen molar-refractivity contribution in [2.24, 2.45) is 0 Å². The third kappa shape index (κ3) is 1.61. The molecule has 0 spiro atoms. The van der Waals surface area contributed by atoms with Crippen LogP contribution in [0.1, 0.15) is 22.8 Å². The van der Waals surface area contributed by atoms with Gasteiger partial charge in [0.15, 0.2) is 10.9 Å². The minimum atomic E-state index is 0.0686. The molecule has 1 aromatic carbocycles. The third-order valence-electron chi connectivity index (χ3n) is 2.20. The molecule has 72 valence electrons. The van der Waals surface area contributed by atoms with Crippen molar-refractivity contribution in [3.05, 3.63) is 29.3 Å². The molecule has 1 heterocycles. The lowest BCUT2D eigenvalue weighted by Crippen LogP contribution is -2.33. The number of Topliss-reactive ketones (excluding diaryl/α,β-unsaturated/α-hetero) is 1. The number of carbonyl (C=O) groups is 1. The monoisotopic (exact) mass is 206 g/mol. The van der Waals surface area contributed by atoms with Gasteiger partial charge in [-0.15, -0.1) is 0 Å². The van der Waals surface area contributed by atoms with Crippen molar-refractivity contribution in [1.82, 2.24) is 5.32 Å². The van der Waals surface area contributed by atoms with Gasteiger partial charge in [-0.05, 0) is 30.8 Å². The van der Waals surface area contributed by atoms with E-state index in [2.05, 4.69) is 10.6 Å². The number of anilines is 1. The van der Waals surface area contributed by atoms with Crippen LogP contribution < -0.4 is 10.6 Å². The number of carbonyl (C=O) groups excluding carboxylic acids is 1. The van der Waals surface area contributed by atoms with Gasteiger partial charge in [-0.1, -0.05) is 12.1 Å². The molecule has 14 heavy (non-hydrogen) atoms. The fraction of sp³-hybridized carbons (Fsp3) is 0.200. The largest absolute Gasteiger partial charge is 0.358 e. The molecule has 1 aliphatic heterocycles. The molecule has 4 heteroatoms. The highest BCUT2D eigenvalue weighted by Gasteiger charge is 2.12. The average Bonchev–Trinajstić information content (AvgIpc) is 2.16. The number of rotatable bonds is 1. The van der Waals surface area contributed by atoms with Crippen LogP contribution in [0, 0.1) is 0 Å². The van der Waals surface area contributed by atoms with Crippen molar-refractivity contribution >= 4 is 28.8 Å². The number of ketones is 1. The first-order valence-corrected chi connectivity index (χ1v) is 4.76. The summed E-state index contributed by atoms with van der Waals surface area (Å²) in [6, 6.07) is 5.61. The lowest BCUT2D eigenvalue weighted by atomic mass is 10.1. The Morgan fingerprint density at radius 2 is 2.29 bits per heavy atom. The van der Waals surface area contributed by atoms with Gasteiger partial charge in [0.05, 0.1) is 0 Å². The minimum Gasteiger partial charge on any atom is -0.358 e. The topological polar surface area (TPSA) is 41.1 Å². The lowest BCUT2D eigenvalue weighted by molar-refractivity contribution is 0.101. The van der Waals surface area contributed by atoms with E-state index in [-0.39, 0.29) is 5.78 Å². The summed E-state index contributed by atoms with van der Waals surface area (Å²) < 4.78 is 0. The first-order valence-electron chi connectivity index (χ1n) is 4.35. The molecule has 2 rings (SSSR count). The molecule has 0 aliphatic carbocycles. The summed E-state index contributed by atoms with van der Waals surface area (Å²) in [4.78, 5) is 11.1. The Kier molecular flexibility index (Phi) is 2.21. The van der Waals surface area contributed by atoms with E-state index >= 15 is 0 Å². The number of thiocarbonyl (C=S) groups is 1. The summed E-state index contributed by atoms with van der Waals surface area (Å²) in [6.45, 7) is 2.28. The summed E-state index contributed by atoms with van der Waals surface area (Å²) in [5.41, 5.74) is 2.77. The first kappa shape index (κ1) is 9.15. The Balaban J connectivity index is 2.42. The molecule has 0 atom stereocenters. The van der Waals surface area contributed by atoms with Gasteiger partial charge in [-0.3, -0.25) is 4.79 Å². The van der Waals surface area contributed by atoms with Crippen molar-refractivity contribution in [3.8, 4) is 0 Å². The summed E-state index contributed by atoms with van der Waals surface area (Å²) in [5, 5.41) is 6.65. The summed E-state index contributed by atoms with van der Waals surface area (Å²) in [7, 11) is 0. The minimum absolute atomic E-state index is 0.0686. The van der Waals surface area contributed by atoms with Gasteiger partial charge in [0.25, 0.3) is 0 Å². The van der Waals surface area contributed by atoms with E-state index in [4.69, 9.17) is 12.2 Å². The van der Waals surface area contributed by atoms with E-state index < -0.39 is 0 Å². The zero-order valence-electron chi connectivity index (χ0n) is 7.76. The van der Waals surface area contributed by atoms with Crippen LogP contribution in [-0.2, 0) is 6.54 Å². The maximum Gasteiger partial charge on any atom is 0.171 e. The van der Waals surface area contributed by atoms with E-state index in [1.165, 1.54) is 0 Å². The molecular weight excluding hydrogens is 196 g/mol. The van der Waals surface area contributed by atoms with Crippen molar-refractivity contribution in [1.29, 1.82) is 0 Å². The predicted octanol–water partition coefficient (Wildman–Crippen LogP) is 1.69. The number of hydrogen-bond donors (Lipinski definition) is 2. The van der Waals surface area contributed by atoms with Gasteiger partial charge < -0.3 is 10.6 Å². The fourth-order valence-corrected chi connectivity index (χ4v) is 1.59. The Bertz CT molecular complexity index is 415. The second kappa shape index (κ2) is 3.38. The van der Waals surface area contributed by atoms with Crippen LogP contribution in [0.5, 0.6) is 0 Å². The van der Waals surface area contributed by atoms with E-state index in [0.717, 1.165) is 17.8 Å². The maximum atomic E-state index is 11.1. The van der Waals surface area contributed by atoms with Crippen LogP contribution in [0.15, 0.2) is 18.2 Å². The molecular formula is C10H10N2OS. The number of fused-ring (bicyclic) bond motifs is 1. The molecule has 3 nitrogen and oxygen atoms in total. The van der Waals surface area contributed by atoms with Gasteiger partial charge in [0.2, 0.25) is 0 Å². The Morgan fingerprint density at radius 3 is 3.00 bits per heavy atom. The fourth-order valence-electron chi connectivity index (χ4n) is 1.41. The van der Waals surface area contributed by atoms with Crippen LogP contribution >= 0.6 is 12.2 Å². The number of nitrogens with one attached hydrogen (secondary N) is 2. The van der Waals surface area contributed by atoms with E-state index in [9.17, 15) is 4.79 Å². The van der Waals surface area contributed by atoms with Crippen molar-refractivity contribution in [2.45, 2.75) is 13.5 Å². The number of benzene rings is 1. The Hall–Kier alpha value is -1.42.